The smallest absolute Gasteiger partial charge is 0.412 e. The molecule has 4 nitrogen and oxygen atoms in total. The van der Waals surface area contributed by atoms with E-state index in [1.807, 2.05) is 0 Å². The molecule has 7 heteroatoms. The first kappa shape index (κ1) is 9.11. The number of ether oxygens (including phenoxy) is 1. The lowest BCUT2D eigenvalue weighted by Crippen LogP contribution is -2.35. The van der Waals surface area contributed by atoms with Crippen LogP contribution in [0.1, 0.15) is 0 Å². The van der Waals surface area contributed by atoms with Crippen molar-refractivity contribution in [3.8, 4) is 0 Å². The molecule has 0 aromatic carbocycles. The van der Waals surface area contributed by atoms with Crippen molar-refractivity contribution < 1.29 is 27.8 Å². The standard InChI is InChI=1S/C5H6F3NO3/c6-5(7,8)2-9-1-3(10)12-4(9)11/h3,10H,1-2H2. The Balaban J connectivity index is 2.49. The predicted molar refractivity (Wildman–Crippen MR) is 30.1 cm³/mol. The van der Waals surface area contributed by atoms with Crippen molar-refractivity contribution in [3.63, 3.8) is 0 Å². The van der Waals surface area contributed by atoms with Gasteiger partial charge in [-0.25, -0.2) is 4.79 Å². The zero-order valence-electron chi connectivity index (χ0n) is 5.84. The van der Waals surface area contributed by atoms with E-state index in [1.54, 1.807) is 0 Å². The first-order valence-electron chi connectivity index (χ1n) is 3.09. The maximum absolute atomic E-state index is 11.7. The van der Waals surface area contributed by atoms with Gasteiger partial charge < -0.3 is 9.84 Å². The topological polar surface area (TPSA) is 49.8 Å². The van der Waals surface area contributed by atoms with Crippen molar-refractivity contribution in [2.75, 3.05) is 13.1 Å². The molecule has 1 saturated heterocycles. The number of nitrogens with zero attached hydrogens (tertiary/aromatic N) is 1. The number of rotatable bonds is 1. The number of hydrogen-bond acceptors (Lipinski definition) is 3. The van der Waals surface area contributed by atoms with E-state index in [2.05, 4.69) is 4.74 Å². The van der Waals surface area contributed by atoms with Gasteiger partial charge in [0, 0.05) is 0 Å². The molecule has 1 atom stereocenters. The van der Waals surface area contributed by atoms with Gasteiger partial charge in [0.2, 0.25) is 6.29 Å². The second-order valence-electron chi connectivity index (χ2n) is 2.33. The molecular formula is C5H6F3NO3. The Morgan fingerprint density at radius 3 is 2.58 bits per heavy atom. The molecule has 1 heterocycles. The lowest BCUT2D eigenvalue weighted by Gasteiger charge is -2.13. The molecule has 1 unspecified atom stereocenters. The molecule has 0 spiro atoms. The van der Waals surface area contributed by atoms with Crippen molar-refractivity contribution >= 4 is 6.09 Å². The lowest BCUT2D eigenvalue weighted by atomic mass is 10.5. The van der Waals surface area contributed by atoms with Crippen LogP contribution in [0.25, 0.3) is 0 Å². The van der Waals surface area contributed by atoms with Gasteiger partial charge in [-0.15, -0.1) is 0 Å². The SMILES string of the molecule is O=C1OC(O)CN1CC(F)(F)F. The molecule has 1 amide bonds. The Morgan fingerprint density at radius 2 is 2.25 bits per heavy atom. The van der Waals surface area contributed by atoms with Crippen LogP contribution in [0.5, 0.6) is 0 Å². The summed E-state index contributed by atoms with van der Waals surface area (Å²) in [6, 6.07) is 0. The van der Waals surface area contributed by atoms with E-state index in [0.717, 1.165) is 0 Å². The number of β-amino-alcohol motifs (C(OH)–C–C–N with tert-alkyl or cyclic N) is 1. The van der Waals surface area contributed by atoms with E-state index in [0.29, 0.717) is 4.90 Å². The fourth-order valence-electron chi connectivity index (χ4n) is 0.837. The summed E-state index contributed by atoms with van der Waals surface area (Å²) in [4.78, 5) is 10.9. The summed E-state index contributed by atoms with van der Waals surface area (Å²) < 4.78 is 39.1. The minimum absolute atomic E-state index is 0.394. The van der Waals surface area contributed by atoms with Crippen LogP contribution in [0.3, 0.4) is 0 Å². The average molecular weight is 185 g/mol. The summed E-state index contributed by atoms with van der Waals surface area (Å²) in [7, 11) is 0. The minimum atomic E-state index is -4.46. The number of hydrogen-bond donors (Lipinski definition) is 1. The minimum Gasteiger partial charge on any atom is -0.418 e. The Kier molecular flexibility index (Phi) is 2.14. The molecule has 0 aromatic heterocycles. The van der Waals surface area contributed by atoms with E-state index >= 15 is 0 Å². The molecule has 0 aromatic rings. The third-order valence-electron chi connectivity index (χ3n) is 1.24. The van der Waals surface area contributed by atoms with Crippen LogP contribution in [0, 0.1) is 0 Å². The summed E-state index contributed by atoms with van der Waals surface area (Å²) in [5, 5.41) is 8.61. The van der Waals surface area contributed by atoms with Crippen LogP contribution < -0.4 is 0 Å². The van der Waals surface area contributed by atoms with Gasteiger partial charge in [-0.1, -0.05) is 0 Å². The van der Waals surface area contributed by atoms with Gasteiger partial charge in [-0.05, 0) is 0 Å². The third-order valence-corrected chi connectivity index (χ3v) is 1.24. The van der Waals surface area contributed by atoms with Crippen LogP contribution in [0.15, 0.2) is 0 Å². The largest absolute Gasteiger partial charge is 0.418 e. The number of alkyl halides is 3. The van der Waals surface area contributed by atoms with E-state index in [1.165, 1.54) is 0 Å². The summed E-state index contributed by atoms with van der Waals surface area (Å²) in [6.07, 6.45) is -7.04. The monoisotopic (exact) mass is 185 g/mol. The number of halogens is 3. The highest BCUT2D eigenvalue weighted by molar-refractivity contribution is 5.69. The van der Waals surface area contributed by atoms with Crippen LogP contribution in [0.2, 0.25) is 0 Å². The zero-order chi connectivity index (χ0) is 9.35. The number of aliphatic hydroxyl groups excluding tert-OH is 1. The van der Waals surface area contributed by atoms with Gasteiger partial charge >= 0.3 is 12.3 Å². The van der Waals surface area contributed by atoms with Crippen molar-refractivity contribution in [1.29, 1.82) is 0 Å². The molecule has 1 N–H and O–H groups in total. The highest BCUT2D eigenvalue weighted by atomic mass is 19.4. The maximum atomic E-state index is 11.7. The van der Waals surface area contributed by atoms with Gasteiger partial charge in [0.1, 0.15) is 6.54 Å². The third kappa shape index (κ3) is 2.26. The molecule has 12 heavy (non-hydrogen) atoms. The summed E-state index contributed by atoms with van der Waals surface area (Å²) in [6.45, 7) is -1.82. The fraction of sp³-hybridized carbons (Fsp3) is 0.800. The van der Waals surface area contributed by atoms with Gasteiger partial charge in [0.15, 0.2) is 0 Å². The second kappa shape index (κ2) is 2.81. The first-order valence-corrected chi connectivity index (χ1v) is 3.09. The molecule has 0 bridgehead atoms. The van der Waals surface area contributed by atoms with E-state index in [9.17, 15) is 18.0 Å². The molecule has 1 aliphatic rings. The van der Waals surface area contributed by atoms with Crippen LogP contribution in [0.4, 0.5) is 18.0 Å². The second-order valence-corrected chi connectivity index (χ2v) is 2.33. The molecule has 0 radical (unpaired) electrons. The highest BCUT2D eigenvalue weighted by Gasteiger charge is 2.38. The summed E-state index contributed by atoms with van der Waals surface area (Å²) >= 11 is 0. The van der Waals surface area contributed by atoms with Crippen LogP contribution >= 0.6 is 0 Å². The van der Waals surface area contributed by atoms with Gasteiger partial charge in [0.25, 0.3) is 0 Å². The first-order chi connectivity index (χ1) is 5.38. The van der Waals surface area contributed by atoms with Gasteiger partial charge in [-0.3, -0.25) is 4.90 Å². The molecule has 0 saturated carbocycles. The maximum Gasteiger partial charge on any atom is 0.412 e. The Bertz CT molecular complexity index is 193. The summed E-state index contributed by atoms with van der Waals surface area (Å²) in [5.41, 5.74) is 0. The normalized spacial score (nSPS) is 24.5. The number of carbonyl (C=O) groups is 1. The number of amides is 1. The van der Waals surface area contributed by atoms with Crippen molar-refractivity contribution in [2.45, 2.75) is 12.5 Å². The molecule has 1 fully saturated rings. The molecule has 1 rings (SSSR count). The van der Waals surface area contributed by atoms with Gasteiger partial charge in [0.05, 0.1) is 6.54 Å². The zero-order valence-corrected chi connectivity index (χ0v) is 5.84. The molecule has 1 aliphatic heterocycles. The lowest BCUT2D eigenvalue weighted by molar-refractivity contribution is -0.139. The van der Waals surface area contributed by atoms with Crippen molar-refractivity contribution in [2.24, 2.45) is 0 Å². The van der Waals surface area contributed by atoms with E-state index in [-0.39, 0.29) is 0 Å². The van der Waals surface area contributed by atoms with Crippen molar-refractivity contribution in [1.82, 2.24) is 4.90 Å². The van der Waals surface area contributed by atoms with Crippen molar-refractivity contribution in [3.05, 3.63) is 0 Å². The Hall–Kier alpha value is -0.980. The predicted octanol–water partition coefficient (Wildman–Crippen LogP) is 0.319. The summed E-state index contributed by atoms with van der Waals surface area (Å²) in [5.74, 6) is 0. The highest BCUT2D eigenvalue weighted by Crippen LogP contribution is 2.19. The number of carbonyl (C=O) groups excluding carboxylic acids is 1. The van der Waals surface area contributed by atoms with Gasteiger partial charge in [-0.2, -0.15) is 13.2 Å². The number of aliphatic hydroxyl groups is 1. The number of cyclic esters (lactones) is 1. The van der Waals surface area contributed by atoms with Crippen LogP contribution in [-0.4, -0.2) is 41.7 Å². The average Bonchev–Trinajstić information content (AvgIpc) is 2.06. The Morgan fingerprint density at radius 1 is 1.67 bits per heavy atom. The molecule has 0 aliphatic carbocycles. The molecule has 70 valence electrons. The van der Waals surface area contributed by atoms with E-state index < -0.39 is 31.6 Å². The molecular weight excluding hydrogens is 179 g/mol. The fourth-order valence-corrected chi connectivity index (χ4v) is 0.837. The van der Waals surface area contributed by atoms with E-state index in [4.69, 9.17) is 5.11 Å². The Labute approximate surface area is 65.5 Å². The quantitative estimate of drug-likeness (QED) is 0.639. The van der Waals surface area contributed by atoms with Crippen LogP contribution in [-0.2, 0) is 4.74 Å².